The maximum Gasteiger partial charge on any atom is 0.416 e. The van der Waals surface area contributed by atoms with E-state index in [1.54, 1.807) is 24.5 Å². The zero-order chi connectivity index (χ0) is 24.6. The number of pyridine rings is 2. The molecule has 2 aliphatic rings. The van der Waals surface area contributed by atoms with Crippen LogP contribution in [0.4, 0.5) is 24.7 Å². The maximum atomic E-state index is 14.1. The third-order valence-electron chi connectivity index (χ3n) is 6.48. The highest BCUT2D eigenvalue weighted by Gasteiger charge is 2.36. The lowest BCUT2D eigenvalue weighted by Gasteiger charge is -2.26. The van der Waals surface area contributed by atoms with Gasteiger partial charge in [0.15, 0.2) is 0 Å². The molecule has 4 heterocycles. The minimum Gasteiger partial charge on any atom is -0.362 e. The van der Waals surface area contributed by atoms with Gasteiger partial charge in [-0.25, -0.2) is 4.98 Å². The van der Waals surface area contributed by atoms with E-state index in [1.165, 1.54) is 6.07 Å². The molecule has 0 aliphatic carbocycles. The van der Waals surface area contributed by atoms with Gasteiger partial charge >= 0.3 is 6.18 Å². The second-order valence-corrected chi connectivity index (χ2v) is 8.91. The van der Waals surface area contributed by atoms with E-state index < -0.39 is 11.7 Å². The van der Waals surface area contributed by atoms with Gasteiger partial charge in [-0.15, -0.1) is 0 Å². The van der Waals surface area contributed by atoms with E-state index >= 15 is 0 Å². The van der Waals surface area contributed by atoms with Crippen LogP contribution in [0.5, 0.6) is 0 Å². The second kappa shape index (κ2) is 9.19. The fourth-order valence-electron chi connectivity index (χ4n) is 4.68. The molecule has 3 N–H and O–H groups in total. The summed E-state index contributed by atoms with van der Waals surface area (Å²) in [6.45, 7) is 7.41. The van der Waals surface area contributed by atoms with E-state index in [0.29, 0.717) is 46.9 Å². The number of alkyl halides is 3. The van der Waals surface area contributed by atoms with Crippen molar-refractivity contribution < 1.29 is 13.2 Å². The van der Waals surface area contributed by atoms with E-state index in [2.05, 4.69) is 27.5 Å². The highest BCUT2D eigenvalue weighted by atomic mass is 19.4. The number of benzene rings is 1. The van der Waals surface area contributed by atoms with Crippen LogP contribution in [-0.2, 0) is 6.18 Å². The van der Waals surface area contributed by atoms with Crippen LogP contribution in [-0.4, -0.2) is 23.1 Å². The molecule has 0 unspecified atom stereocenters. The van der Waals surface area contributed by atoms with Gasteiger partial charge in [0, 0.05) is 40.6 Å². The zero-order valence-electron chi connectivity index (χ0n) is 19.3. The number of aromatic nitrogens is 2. The summed E-state index contributed by atoms with van der Waals surface area (Å²) >= 11 is 0. The van der Waals surface area contributed by atoms with Gasteiger partial charge in [0.1, 0.15) is 5.82 Å². The third kappa shape index (κ3) is 4.79. The Morgan fingerprint density at radius 3 is 2.60 bits per heavy atom. The van der Waals surface area contributed by atoms with Crippen LogP contribution in [0.1, 0.15) is 46.7 Å². The van der Waals surface area contributed by atoms with E-state index in [-0.39, 0.29) is 5.92 Å². The van der Waals surface area contributed by atoms with Crippen LogP contribution in [0, 0.1) is 6.92 Å². The Labute approximate surface area is 202 Å². The number of hydrogen-bond donors (Lipinski definition) is 3. The molecule has 0 amide bonds. The lowest BCUT2D eigenvalue weighted by Crippen LogP contribution is -2.27. The molecule has 180 valence electrons. The summed E-state index contributed by atoms with van der Waals surface area (Å²) in [5.74, 6) is 0.321. The Bertz CT molecular complexity index is 1290. The normalized spacial score (nSPS) is 16.1. The van der Waals surface area contributed by atoms with Crippen molar-refractivity contribution in [2.75, 3.05) is 18.4 Å². The molecule has 0 radical (unpaired) electrons. The van der Waals surface area contributed by atoms with Crippen LogP contribution >= 0.6 is 0 Å². The average Bonchev–Trinajstić information content (AvgIpc) is 2.84. The Morgan fingerprint density at radius 1 is 1.09 bits per heavy atom. The summed E-state index contributed by atoms with van der Waals surface area (Å²) in [6.07, 6.45) is 2.34. The van der Waals surface area contributed by atoms with Gasteiger partial charge in [0.25, 0.3) is 0 Å². The van der Waals surface area contributed by atoms with Gasteiger partial charge in [-0.1, -0.05) is 12.6 Å². The first-order valence-electron chi connectivity index (χ1n) is 11.6. The maximum absolute atomic E-state index is 14.1. The number of hydrogen-bond acceptors (Lipinski definition) is 5. The molecule has 35 heavy (non-hydrogen) atoms. The summed E-state index contributed by atoms with van der Waals surface area (Å²) < 4.78 is 42.2. The quantitative estimate of drug-likeness (QED) is 0.416. The first-order valence-corrected chi connectivity index (χ1v) is 11.6. The largest absolute Gasteiger partial charge is 0.416 e. The molecule has 0 saturated carbocycles. The molecule has 2 aromatic heterocycles. The summed E-state index contributed by atoms with van der Waals surface area (Å²) in [5.41, 5.74) is 4.65. The summed E-state index contributed by atoms with van der Waals surface area (Å²) in [7, 11) is 0. The molecule has 0 spiro atoms. The first-order chi connectivity index (χ1) is 16.8. The number of nitrogens with one attached hydrogen (secondary N) is 3. The molecular formula is C27H26F3N5. The molecule has 0 atom stereocenters. The van der Waals surface area contributed by atoms with Crippen molar-refractivity contribution in [3.8, 4) is 11.3 Å². The van der Waals surface area contributed by atoms with E-state index in [9.17, 15) is 13.2 Å². The monoisotopic (exact) mass is 477 g/mol. The number of fused-ring (bicyclic) bond motifs is 1. The number of nitrogens with zero attached hydrogens (tertiary/aromatic N) is 2. The number of rotatable bonds is 4. The molecular weight excluding hydrogens is 451 g/mol. The SMILES string of the molecule is C=C1NC=Cc2cc(-c3ccc(C)nc3)nc(Nc3ccc(C4CCNCC4)c(C(F)(F)F)c3)c21. The van der Waals surface area contributed by atoms with Crippen molar-refractivity contribution >= 4 is 23.3 Å². The Kier molecular flexibility index (Phi) is 6.06. The van der Waals surface area contributed by atoms with Crippen molar-refractivity contribution in [2.24, 2.45) is 0 Å². The van der Waals surface area contributed by atoms with E-state index in [1.807, 2.05) is 31.2 Å². The highest BCUT2D eigenvalue weighted by molar-refractivity contribution is 5.86. The van der Waals surface area contributed by atoms with Crippen molar-refractivity contribution in [1.29, 1.82) is 0 Å². The highest BCUT2D eigenvalue weighted by Crippen LogP contribution is 2.40. The fraction of sp³-hybridized carbons (Fsp3) is 0.259. The Morgan fingerprint density at radius 2 is 1.89 bits per heavy atom. The molecule has 1 aromatic carbocycles. The summed E-state index contributed by atoms with van der Waals surface area (Å²) in [6, 6.07) is 10.3. The molecule has 1 fully saturated rings. The molecule has 3 aromatic rings. The lowest BCUT2D eigenvalue weighted by atomic mass is 9.86. The van der Waals surface area contributed by atoms with E-state index in [0.717, 1.165) is 29.9 Å². The third-order valence-corrected chi connectivity index (χ3v) is 6.48. The Balaban J connectivity index is 1.57. The Hall–Kier alpha value is -3.65. The topological polar surface area (TPSA) is 61.9 Å². The van der Waals surface area contributed by atoms with Gasteiger partial charge in [-0.2, -0.15) is 13.2 Å². The van der Waals surface area contributed by atoms with Crippen molar-refractivity contribution in [1.82, 2.24) is 20.6 Å². The average molecular weight is 478 g/mol. The van der Waals surface area contributed by atoms with Crippen LogP contribution in [0.3, 0.4) is 0 Å². The first kappa shape index (κ1) is 23.1. The predicted octanol–water partition coefficient (Wildman–Crippen LogP) is 6.23. The van der Waals surface area contributed by atoms with Crippen LogP contribution in [0.15, 0.2) is 55.4 Å². The van der Waals surface area contributed by atoms with E-state index in [4.69, 9.17) is 4.98 Å². The van der Waals surface area contributed by atoms with Crippen molar-refractivity contribution in [3.05, 3.63) is 83.3 Å². The second-order valence-electron chi connectivity index (χ2n) is 8.91. The van der Waals surface area contributed by atoms with Gasteiger partial charge < -0.3 is 16.0 Å². The predicted molar refractivity (Wildman–Crippen MR) is 133 cm³/mol. The summed E-state index contributed by atoms with van der Waals surface area (Å²) in [5, 5.41) is 9.43. The molecule has 5 rings (SSSR count). The minimum absolute atomic E-state index is 0.112. The number of piperidine rings is 1. The number of aryl methyl sites for hydroxylation is 1. The molecule has 8 heteroatoms. The van der Waals surface area contributed by atoms with Gasteiger partial charge in [-0.05, 0) is 86.3 Å². The fourth-order valence-corrected chi connectivity index (χ4v) is 4.68. The van der Waals surface area contributed by atoms with Crippen LogP contribution in [0.25, 0.3) is 23.0 Å². The van der Waals surface area contributed by atoms with Gasteiger partial charge in [0.05, 0.1) is 11.3 Å². The lowest BCUT2D eigenvalue weighted by molar-refractivity contribution is -0.138. The molecule has 5 nitrogen and oxygen atoms in total. The molecule has 0 bridgehead atoms. The number of anilines is 2. The van der Waals surface area contributed by atoms with Crippen LogP contribution < -0.4 is 16.0 Å². The van der Waals surface area contributed by atoms with Gasteiger partial charge in [0.2, 0.25) is 0 Å². The molecule has 1 saturated heterocycles. The summed E-state index contributed by atoms with van der Waals surface area (Å²) in [4.78, 5) is 9.11. The molecule has 2 aliphatic heterocycles. The van der Waals surface area contributed by atoms with Crippen molar-refractivity contribution in [3.63, 3.8) is 0 Å². The minimum atomic E-state index is -4.45. The zero-order valence-corrected chi connectivity index (χ0v) is 19.3. The standard InChI is InChI=1S/C27H26F3N5/c1-16-3-4-20(15-33-16)24-13-19-9-12-32-17(2)25(19)26(35-24)34-21-5-6-22(18-7-10-31-11-8-18)23(14-21)27(28,29)30/h3-6,9,12-15,18,31-32H,2,7-8,10-11H2,1H3,(H,34,35). The van der Waals surface area contributed by atoms with Gasteiger partial charge in [-0.3, -0.25) is 4.98 Å². The van der Waals surface area contributed by atoms with Crippen LogP contribution in [0.2, 0.25) is 0 Å². The van der Waals surface area contributed by atoms with Crippen molar-refractivity contribution in [2.45, 2.75) is 31.9 Å². The number of halogens is 3. The smallest absolute Gasteiger partial charge is 0.362 e.